The van der Waals surface area contributed by atoms with Crippen molar-refractivity contribution in [3.05, 3.63) is 29.3 Å². The van der Waals surface area contributed by atoms with Crippen LogP contribution in [0.1, 0.15) is 23.9 Å². The Morgan fingerprint density at radius 3 is 2.79 bits per heavy atom. The molecular formula is C12H13N3O3S. The molecule has 1 aromatic carbocycles. The highest BCUT2D eigenvalue weighted by Gasteiger charge is 2.19. The number of hydrogen-bond donors (Lipinski definition) is 3. The normalized spacial score (nSPS) is 12.2. The number of amides is 2. The van der Waals surface area contributed by atoms with Gasteiger partial charge in [-0.1, -0.05) is 12.1 Å². The van der Waals surface area contributed by atoms with Crippen LogP contribution in [0, 0.1) is 0 Å². The number of primary amides is 1. The molecule has 1 unspecified atom stereocenters. The maximum Gasteiger partial charge on any atom is 0.405 e. The van der Waals surface area contributed by atoms with Crippen molar-refractivity contribution in [3.63, 3.8) is 0 Å². The van der Waals surface area contributed by atoms with Gasteiger partial charge in [0.25, 0.3) is 0 Å². The highest BCUT2D eigenvalue weighted by Crippen LogP contribution is 2.28. The monoisotopic (exact) mass is 279 g/mol. The summed E-state index contributed by atoms with van der Waals surface area (Å²) in [7, 11) is 0. The zero-order chi connectivity index (χ0) is 13.8. The summed E-state index contributed by atoms with van der Waals surface area (Å²) < 4.78 is 0.980. The van der Waals surface area contributed by atoms with E-state index in [1.807, 2.05) is 24.3 Å². The number of benzene rings is 1. The third-order valence-electron chi connectivity index (χ3n) is 2.59. The van der Waals surface area contributed by atoms with Crippen LogP contribution in [-0.4, -0.2) is 22.1 Å². The molecule has 2 rings (SSSR count). The van der Waals surface area contributed by atoms with Crippen LogP contribution >= 0.6 is 11.3 Å². The number of hydrogen-bond acceptors (Lipinski definition) is 4. The molecule has 7 heteroatoms. The van der Waals surface area contributed by atoms with Gasteiger partial charge in [-0.15, -0.1) is 11.3 Å². The molecule has 0 aliphatic carbocycles. The predicted molar refractivity (Wildman–Crippen MR) is 71.9 cm³/mol. The zero-order valence-corrected chi connectivity index (χ0v) is 10.8. The topological polar surface area (TPSA) is 105 Å². The highest BCUT2D eigenvalue weighted by atomic mass is 32.1. The Kier molecular flexibility index (Phi) is 3.96. The van der Waals surface area contributed by atoms with Crippen molar-refractivity contribution < 1.29 is 14.7 Å². The lowest BCUT2D eigenvalue weighted by molar-refractivity contribution is -0.118. The number of fused-ring (bicyclic) bond motifs is 1. The Labute approximate surface area is 113 Å². The van der Waals surface area contributed by atoms with E-state index in [4.69, 9.17) is 10.8 Å². The molecule has 0 spiro atoms. The van der Waals surface area contributed by atoms with Gasteiger partial charge in [-0.25, -0.2) is 9.78 Å². The second kappa shape index (κ2) is 5.66. The lowest BCUT2D eigenvalue weighted by Gasteiger charge is -2.12. The summed E-state index contributed by atoms with van der Waals surface area (Å²) in [6, 6.07) is 7.04. The Balaban J connectivity index is 2.25. The smallest absolute Gasteiger partial charge is 0.405 e. The number of para-hydroxylation sites is 1. The van der Waals surface area contributed by atoms with Gasteiger partial charge in [-0.3, -0.25) is 4.79 Å². The van der Waals surface area contributed by atoms with Crippen molar-refractivity contribution in [2.45, 2.75) is 18.9 Å². The van der Waals surface area contributed by atoms with E-state index in [9.17, 15) is 9.59 Å². The van der Waals surface area contributed by atoms with Crippen LogP contribution in [0.4, 0.5) is 4.79 Å². The molecule has 2 amide bonds. The first-order valence-corrected chi connectivity index (χ1v) is 6.51. The van der Waals surface area contributed by atoms with Gasteiger partial charge in [0.05, 0.1) is 16.3 Å². The minimum absolute atomic E-state index is 0.112. The molecule has 19 heavy (non-hydrogen) atoms. The second-order valence-electron chi connectivity index (χ2n) is 4.03. The van der Waals surface area contributed by atoms with Crippen LogP contribution in [0.15, 0.2) is 24.3 Å². The third kappa shape index (κ3) is 3.41. The van der Waals surface area contributed by atoms with E-state index in [0.29, 0.717) is 11.4 Å². The molecule has 1 atom stereocenters. The molecule has 100 valence electrons. The summed E-state index contributed by atoms with van der Waals surface area (Å²) in [6.07, 6.45) is -0.726. The van der Waals surface area contributed by atoms with E-state index in [0.717, 1.165) is 10.2 Å². The van der Waals surface area contributed by atoms with E-state index < -0.39 is 18.0 Å². The van der Waals surface area contributed by atoms with E-state index in [1.165, 1.54) is 11.3 Å². The largest absolute Gasteiger partial charge is 0.465 e. The average molecular weight is 279 g/mol. The summed E-state index contributed by atoms with van der Waals surface area (Å²) >= 11 is 1.41. The molecule has 0 saturated heterocycles. The minimum Gasteiger partial charge on any atom is -0.465 e. The lowest BCUT2D eigenvalue weighted by Crippen LogP contribution is -2.27. The average Bonchev–Trinajstić information content (AvgIpc) is 2.77. The van der Waals surface area contributed by atoms with E-state index in [1.54, 1.807) is 0 Å². The number of carboxylic acid groups (broad SMARTS) is 1. The molecule has 1 aromatic heterocycles. The van der Waals surface area contributed by atoms with Gasteiger partial charge >= 0.3 is 6.09 Å². The lowest BCUT2D eigenvalue weighted by atomic mass is 10.1. The fourth-order valence-electron chi connectivity index (χ4n) is 1.73. The van der Waals surface area contributed by atoms with Crippen molar-refractivity contribution in [2.75, 3.05) is 0 Å². The zero-order valence-electron chi connectivity index (χ0n) is 10.00. The van der Waals surface area contributed by atoms with Crippen molar-refractivity contribution in [1.29, 1.82) is 0 Å². The van der Waals surface area contributed by atoms with Gasteiger partial charge in [-0.2, -0.15) is 0 Å². The minimum atomic E-state index is -1.14. The van der Waals surface area contributed by atoms with Crippen LogP contribution in [0.2, 0.25) is 0 Å². The molecule has 0 radical (unpaired) electrons. The van der Waals surface area contributed by atoms with Crippen molar-refractivity contribution in [2.24, 2.45) is 5.73 Å². The van der Waals surface area contributed by atoms with Gasteiger partial charge < -0.3 is 16.2 Å². The van der Waals surface area contributed by atoms with Crippen LogP contribution in [0.25, 0.3) is 10.2 Å². The first kappa shape index (κ1) is 13.3. The molecular weight excluding hydrogens is 266 g/mol. The molecule has 0 fully saturated rings. The molecule has 0 aliphatic rings. The fraction of sp³-hybridized carbons (Fsp3) is 0.250. The molecule has 0 bridgehead atoms. The van der Waals surface area contributed by atoms with Gasteiger partial charge in [0, 0.05) is 6.42 Å². The standard InChI is InChI=1S/C12H13N3O3S/c13-10(16)6-5-8(15-12(17)18)11-14-7-3-1-2-4-9(7)19-11/h1-4,8,15H,5-6H2,(H2,13,16)(H,17,18). The summed E-state index contributed by atoms with van der Waals surface area (Å²) in [4.78, 5) is 26.0. The Morgan fingerprint density at radius 2 is 2.16 bits per heavy atom. The summed E-state index contributed by atoms with van der Waals surface area (Å²) in [5.41, 5.74) is 5.91. The molecule has 0 saturated carbocycles. The molecule has 2 aromatic rings. The van der Waals surface area contributed by atoms with Crippen LogP contribution in [0.3, 0.4) is 0 Å². The summed E-state index contributed by atoms with van der Waals surface area (Å²) in [5.74, 6) is -0.460. The van der Waals surface area contributed by atoms with Crippen molar-refractivity contribution in [1.82, 2.24) is 10.3 Å². The maximum atomic E-state index is 10.8. The van der Waals surface area contributed by atoms with E-state index >= 15 is 0 Å². The quantitative estimate of drug-likeness (QED) is 0.776. The second-order valence-corrected chi connectivity index (χ2v) is 5.09. The van der Waals surface area contributed by atoms with E-state index in [2.05, 4.69) is 10.3 Å². The number of nitrogens with one attached hydrogen (secondary N) is 1. The number of thiazole rings is 1. The van der Waals surface area contributed by atoms with Gasteiger partial charge in [0.1, 0.15) is 5.01 Å². The Morgan fingerprint density at radius 1 is 1.42 bits per heavy atom. The van der Waals surface area contributed by atoms with Crippen molar-refractivity contribution in [3.8, 4) is 0 Å². The third-order valence-corrected chi connectivity index (χ3v) is 3.74. The summed E-state index contributed by atoms with van der Waals surface area (Å²) in [5, 5.41) is 11.8. The Hall–Kier alpha value is -2.15. The molecule has 1 heterocycles. The van der Waals surface area contributed by atoms with Gasteiger partial charge in [0.15, 0.2) is 0 Å². The Bertz CT molecular complexity index is 578. The predicted octanol–water partition coefficient (Wildman–Crippen LogP) is 1.87. The number of rotatable bonds is 5. The fourth-order valence-corrected chi connectivity index (χ4v) is 2.79. The van der Waals surface area contributed by atoms with Gasteiger partial charge in [-0.05, 0) is 18.6 Å². The number of aromatic nitrogens is 1. The van der Waals surface area contributed by atoms with Crippen LogP contribution < -0.4 is 11.1 Å². The SMILES string of the molecule is NC(=O)CCC(NC(=O)O)c1nc2ccccc2s1. The van der Waals surface area contributed by atoms with Crippen LogP contribution in [0.5, 0.6) is 0 Å². The number of nitrogens with two attached hydrogens (primary N) is 1. The molecule has 6 nitrogen and oxygen atoms in total. The molecule has 0 aliphatic heterocycles. The van der Waals surface area contributed by atoms with E-state index in [-0.39, 0.29) is 6.42 Å². The number of nitrogens with zero attached hydrogens (tertiary/aromatic N) is 1. The number of carbonyl (C=O) groups is 2. The summed E-state index contributed by atoms with van der Waals surface area (Å²) in [6.45, 7) is 0. The maximum absolute atomic E-state index is 10.8. The molecule has 4 N–H and O–H groups in total. The van der Waals surface area contributed by atoms with Gasteiger partial charge in [0.2, 0.25) is 5.91 Å². The first-order chi connectivity index (χ1) is 9.06. The highest BCUT2D eigenvalue weighted by molar-refractivity contribution is 7.18. The first-order valence-electron chi connectivity index (χ1n) is 5.69. The van der Waals surface area contributed by atoms with Crippen LogP contribution in [-0.2, 0) is 4.79 Å². The van der Waals surface area contributed by atoms with Crippen molar-refractivity contribution >= 4 is 33.6 Å². The number of carbonyl (C=O) groups excluding carboxylic acids is 1.